The molecule has 0 spiro atoms. The van der Waals surface area contributed by atoms with Crippen LogP contribution in [0.2, 0.25) is 0 Å². The molecule has 1 aliphatic heterocycles. The molecular formula is C13H15ClFNO4S. The Morgan fingerprint density at radius 1 is 1.48 bits per heavy atom. The molecular weight excluding hydrogens is 321 g/mol. The zero-order valence-corrected chi connectivity index (χ0v) is 12.9. The number of nitrogens with one attached hydrogen (secondary N) is 1. The Labute approximate surface area is 126 Å². The average molecular weight is 336 g/mol. The highest BCUT2D eigenvalue weighted by molar-refractivity contribution is 8.13. The number of amides is 1. The Balaban J connectivity index is 2.12. The fourth-order valence-corrected chi connectivity index (χ4v) is 2.99. The van der Waals surface area contributed by atoms with E-state index in [-0.39, 0.29) is 22.6 Å². The molecule has 2 rings (SSSR count). The molecule has 2 unspecified atom stereocenters. The van der Waals surface area contributed by atoms with Gasteiger partial charge in [-0.15, -0.1) is 0 Å². The van der Waals surface area contributed by atoms with E-state index in [2.05, 4.69) is 5.32 Å². The minimum atomic E-state index is -4.02. The minimum absolute atomic E-state index is 0.0395. The summed E-state index contributed by atoms with van der Waals surface area (Å²) >= 11 is 0. The molecule has 1 fully saturated rings. The third-order valence-corrected chi connectivity index (χ3v) is 4.64. The molecule has 0 aliphatic carbocycles. The van der Waals surface area contributed by atoms with Gasteiger partial charge in [0.05, 0.1) is 16.6 Å². The van der Waals surface area contributed by atoms with Gasteiger partial charge in [-0.3, -0.25) is 4.79 Å². The highest BCUT2D eigenvalue weighted by Crippen LogP contribution is 2.19. The third-order valence-electron chi connectivity index (χ3n) is 3.29. The highest BCUT2D eigenvalue weighted by atomic mass is 35.7. The summed E-state index contributed by atoms with van der Waals surface area (Å²) in [5, 5.41) is 2.72. The molecule has 21 heavy (non-hydrogen) atoms. The summed E-state index contributed by atoms with van der Waals surface area (Å²) in [5.41, 5.74) is -0.210. The van der Waals surface area contributed by atoms with Crippen LogP contribution >= 0.6 is 10.7 Å². The van der Waals surface area contributed by atoms with Gasteiger partial charge in [-0.25, -0.2) is 12.8 Å². The topological polar surface area (TPSA) is 72.5 Å². The fourth-order valence-electron chi connectivity index (χ4n) is 2.22. The lowest BCUT2D eigenvalue weighted by atomic mass is 10.0. The zero-order valence-electron chi connectivity index (χ0n) is 11.3. The molecule has 8 heteroatoms. The van der Waals surface area contributed by atoms with Crippen molar-refractivity contribution in [3.05, 3.63) is 29.6 Å². The van der Waals surface area contributed by atoms with Crippen molar-refractivity contribution < 1.29 is 22.3 Å². The van der Waals surface area contributed by atoms with Gasteiger partial charge in [-0.2, -0.15) is 0 Å². The molecule has 0 aromatic heterocycles. The maximum absolute atomic E-state index is 13.9. The van der Waals surface area contributed by atoms with Crippen molar-refractivity contribution in [1.82, 2.24) is 5.32 Å². The Morgan fingerprint density at radius 3 is 2.76 bits per heavy atom. The van der Waals surface area contributed by atoms with E-state index in [1.807, 2.05) is 6.92 Å². The number of hydrogen-bond acceptors (Lipinski definition) is 4. The van der Waals surface area contributed by atoms with Crippen LogP contribution in [0, 0.1) is 5.82 Å². The summed E-state index contributed by atoms with van der Waals surface area (Å²) in [5.74, 6) is -1.50. The number of ether oxygens (including phenoxy) is 1. The molecule has 5 nitrogen and oxygen atoms in total. The van der Waals surface area contributed by atoms with Gasteiger partial charge in [0.1, 0.15) is 5.82 Å². The van der Waals surface area contributed by atoms with E-state index in [9.17, 15) is 17.6 Å². The lowest BCUT2D eigenvalue weighted by molar-refractivity contribution is 0.0136. The van der Waals surface area contributed by atoms with Crippen LogP contribution in [0.3, 0.4) is 0 Å². The van der Waals surface area contributed by atoms with Crippen molar-refractivity contribution in [2.45, 2.75) is 36.8 Å². The van der Waals surface area contributed by atoms with Crippen molar-refractivity contribution in [1.29, 1.82) is 0 Å². The van der Waals surface area contributed by atoms with Crippen molar-refractivity contribution >= 4 is 25.6 Å². The minimum Gasteiger partial charge on any atom is -0.378 e. The van der Waals surface area contributed by atoms with Crippen molar-refractivity contribution in [3.63, 3.8) is 0 Å². The Bertz CT molecular complexity index is 650. The van der Waals surface area contributed by atoms with Crippen LogP contribution in [0.1, 0.15) is 30.1 Å². The second kappa shape index (κ2) is 6.29. The quantitative estimate of drug-likeness (QED) is 0.858. The average Bonchev–Trinajstić information content (AvgIpc) is 2.37. The van der Waals surface area contributed by atoms with Crippen LogP contribution in [0.15, 0.2) is 23.1 Å². The molecule has 1 N–H and O–H groups in total. The van der Waals surface area contributed by atoms with E-state index in [0.717, 1.165) is 18.2 Å². The van der Waals surface area contributed by atoms with E-state index < -0.39 is 20.8 Å². The molecule has 1 aromatic carbocycles. The number of carbonyl (C=O) groups is 1. The lowest BCUT2D eigenvalue weighted by Crippen LogP contribution is -2.41. The first-order chi connectivity index (χ1) is 9.77. The molecule has 1 saturated heterocycles. The first-order valence-electron chi connectivity index (χ1n) is 6.44. The molecule has 1 aliphatic rings. The summed E-state index contributed by atoms with van der Waals surface area (Å²) in [6, 6.07) is 2.87. The van der Waals surface area contributed by atoms with E-state index >= 15 is 0 Å². The normalized spacial score (nSPS) is 22.8. The number of benzene rings is 1. The molecule has 1 heterocycles. The highest BCUT2D eigenvalue weighted by Gasteiger charge is 2.23. The molecule has 1 aromatic rings. The maximum Gasteiger partial charge on any atom is 0.261 e. The smallest absolute Gasteiger partial charge is 0.261 e. The second-order valence-electron chi connectivity index (χ2n) is 4.96. The first-order valence-corrected chi connectivity index (χ1v) is 8.75. The number of rotatable bonds is 3. The first kappa shape index (κ1) is 16.2. The summed E-state index contributed by atoms with van der Waals surface area (Å²) in [6.07, 6.45) is 1.35. The predicted octanol–water partition coefficient (Wildman–Crippen LogP) is 2.05. The third kappa shape index (κ3) is 4.15. The molecule has 2 atom stereocenters. The van der Waals surface area contributed by atoms with Gasteiger partial charge < -0.3 is 10.1 Å². The number of carbonyl (C=O) groups excluding carboxylic acids is 1. The Morgan fingerprint density at radius 2 is 2.19 bits per heavy atom. The van der Waals surface area contributed by atoms with Crippen molar-refractivity contribution in [3.8, 4) is 0 Å². The second-order valence-corrected chi connectivity index (χ2v) is 7.52. The number of halogens is 2. The van der Waals surface area contributed by atoms with Gasteiger partial charge in [0, 0.05) is 23.3 Å². The Kier molecular flexibility index (Phi) is 4.85. The largest absolute Gasteiger partial charge is 0.378 e. The van der Waals surface area contributed by atoms with Gasteiger partial charge in [0.15, 0.2) is 0 Å². The van der Waals surface area contributed by atoms with Crippen LogP contribution in [-0.4, -0.2) is 33.1 Å². The molecule has 0 bridgehead atoms. The zero-order chi connectivity index (χ0) is 15.6. The van der Waals surface area contributed by atoms with Crippen molar-refractivity contribution in [2.24, 2.45) is 0 Å². The van der Waals surface area contributed by atoms with Gasteiger partial charge in [0.2, 0.25) is 0 Å². The van der Waals surface area contributed by atoms with Crippen LogP contribution in [0.5, 0.6) is 0 Å². The fraction of sp³-hybridized carbons (Fsp3) is 0.462. The maximum atomic E-state index is 13.9. The molecule has 1 amide bonds. The summed E-state index contributed by atoms with van der Waals surface area (Å²) in [4.78, 5) is 11.7. The van der Waals surface area contributed by atoms with Gasteiger partial charge >= 0.3 is 0 Å². The SMILES string of the molecule is CC1CC(NC(=O)c2ccc(S(=O)(=O)Cl)cc2F)CCO1. The van der Waals surface area contributed by atoms with Gasteiger partial charge in [-0.05, 0) is 38.0 Å². The molecule has 0 saturated carbocycles. The van der Waals surface area contributed by atoms with Crippen LogP contribution < -0.4 is 5.32 Å². The monoisotopic (exact) mass is 335 g/mol. The standard InChI is InChI=1S/C13H15ClFNO4S/c1-8-6-9(4-5-20-8)16-13(17)11-3-2-10(7-12(11)15)21(14,18)19/h2-3,7-9H,4-6H2,1H3,(H,16,17). The van der Waals surface area contributed by atoms with Crippen LogP contribution in [0.25, 0.3) is 0 Å². The van der Waals surface area contributed by atoms with E-state index in [0.29, 0.717) is 19.4 Å². The van der Waals surface area contributed by atoms with E-state index in [4.69, 9.17) is 15.4 Å². The van der Waals surface area contributed by atoms with Gasteiger partial charge in [-0.1, -0.05) is 0 Å². The van der Waals surface area contributed by atoms with E-state index in [1.54, 1.807) is 0 Å². The number of hydrogen-bond donors (Lipinski definition) is 1. The van der Waals surface area contributed by atoms with Crippen molar-refractivity contribution in [2.75, 3.05) is 6.61 Å². The van der Waals surface area contributed by atoms with Gasteiger partial charge in [0.25, 0.3) is 15.0 Å². The van der Waals surface area contributed by atoms with Crippen LogP contribution in [-0.2, 0) is 13.8 Å². The Hall–Kier alpha value is -1.18. The lowest BCUT2D eigenvalue weighted by Gasteiger charge is -2.28. The summed E-state index contributed by atoms with van der Waals surface area (Å²) in [7, 11) is 1.11. The predicted molar refractivity (Wildman–Crippen MR) is 75.3 cm³/mol. The van der Waals surface area contributed by atoms with Crippen LogP contribution in [0.4, 0.5) is 4.39 Å². The molecule has 116 valence electrons. The van der Waals surface area contributed by atoms with E-state index in [1.165, 1.54) is 0 Å². The summed E-state index contributed by atoms with van der Waals surface area (Å²) < 4.78 is 41.4. The molecule has 0 radical (unpaired) electrons. The summed E-state index contributed by atoms with van der Waals surface area (Å²) in [6.45, 7) is 2.44.